The molecule has 1 N–H and O–H groups in total. The van der Waals surface area contributed by atoms with Crippen LogP contribution >= 0.6 is 11.6 Å². The summed E-state index contributed by atoms with van der Waals surface area (Å²) in [5.74, 6) is 1.55. The van der Waals surface area contributed by atoms with Crippen LogP contribution in [0, 0.1) is 13.8 Å². The van der Waals surface area contributed by atoms with E-state index in [-0.39, 0.29) is 5.91 Å². The second-order valence-corrected chi connectivity index (χ2v) is 6.31. The molecule has 0 atom stereocenters. The van der Waals surface area contributed by atoms with E-state index in [4.69, 9.17) is 20.5 Å². The minimum atomic E-state index is -0.223. The second kappa shape index (κ2) is 7.57. The molecule has 0 aliphatic heterocycles. The Labute approximate surface area is 151 Å². The molecule has 5 nitrogen and oxygen atoms in total. The highest BCUT2D eigenvalue weighted by molar-refractivity contribution is 6.30. The zero-order valence-corrected chi connectivity index (χ0v) is 14.9. The smallest absolute Gasteiger partial charge is 0.287 e. The quantitative estimate of drug-likeness (QED) is 0.720. The van der Waals surface area contributed by atoms with Gasteiger partial charge in [0.05, 0.1) is 5.69 Å². The first-order valence-corrected chi connectivity index (χ1v) is 8.44. The van der Waals surface area contributed by atoms with Crippen molar-refractivity contribution >= 4 is 17.5 Å². The van der Waals surface area contributed by atoms with Gasteiger partial charge in [-0.3, -0.25) is 4.79 Å². The Morgan fingerprint density at radius 1 is 1.16 bits per heavy atom. The van der Waals surface area contributed by atoms with Crippen LogP contribution in [0.1, 0.15) is 38.9 Å². The van der Waals surface area contributed by atoms with Crippen molar-refractivity contribution in [3.05, 3.63) is 75.5 Å². The first kappa shape index (κ1) is 17.3. The monoisotopic (exact) mass is 358 g/mol. The van der Waals surface area contributed by atoms with Gasteiger partial charge < -0.3 is 14.3 Å². The number of hydrogen-bond acceptors (Lipinski definition) is 4. The van der Waals surface area contributed by atoms with Gasteiger partial charge in [0.15, 0.2) is 5.76 Å². The molecule has 0 bridgehead atoms. The molecule has 3 aromatic rings. The zero-order valence-electron chi connectivity index (χ0n) is 14.1. The Morgan fingerprint density at radius 3 is 2.60 bits per heavy atom. The van der Waals surface area contributed by atoms with Crippen molar-refractivity contribution in [1.82, 2.24) is 10.5 Å². The van der Waals surface area contributed by atoms with E-state index in [2.05, 4.69) is 10.5 Å². The van der Waals surface area contributed by atoms with Crippen molar-refractivity contribution in [3.8, 4) is 0 Å². The third-order valence-corrected chi connectivity index (χ3v) is 4.28. The van der Waals surface area contributed by atoms with E-state index in [9.17, 15) is 4.79 Å². The van der Waals surface area contributed by atoms with E-state index in [1.165, 1.54) is 0 Å². The third-order valence-electron chi connectivity index (χ3n) is 4.03. The van der Waals surface area contributed by atoms with Crippen molar-refractivity contribution in [2.75, 3.05) is 6.54 Å². The van der Waals surface area contributed by atoms with Gasteiger partial charge in [0.1, 0.15) is 11.5 Å². The first-order valence-electron chi connectivity index (χ1n) is 8.06. The Kier molecular flexibility index (Phi) is 5.24. The van der Waals surface area contributed by atoms with Crippen molar-refractivity contribution in [2.24, 2.45) is 0 Å². The summed E-state index contributed by atoms with van der Waals surface area (Å²) >= 11 is 5.86. The minimum absolute atomic E-state index is 0.223. The van der Waals surface area contributed by atoms with Gasteiger partial charge in [0, 0.05) is 23.6 Å². The minimum Gasteiger partial charge on any atom is -0.456 e. The molecule has 25 heavy (non-hydrogen) atoms. The molecule has 0 saturated carbocycles. The first-order chi connectivity index (χ1) is 12.0. The average molecular weight is 359 g/mol. The predicted octanol–water partition coefficient (Wildman–Crippen LogP) is 4.10. The van der Waals surface area contributed by atoms with Gasteiger partial charge in [-0.05, 0) is 50.1 Å². The number of nitrogens with zero attached hydrogens (tertiary/aromatic N) is 1. The van der Waals surface area contributed by atoms with Gasteiger partial charge in [0.2, 0.25) is 0 Å². The fourth-order valence-corrected chi connectivity index (χ4v) is 2.71. The van der Waals surface area contributed by atoms with Crippen LogP contribution in [0.2, 0.25) is 5.02 Å². The second-order valence-electron chi connectivity index (χ2n) is 5.88. The molecule has 0 aliphatic carbocycles. The number of aromatic nitrogens is 1. The van der Waals surface area contributed by atoms with Gasteiger partial charge in [-0.1, -0.05) is 28.9 Å². The van der Waals surface area contributed by atoms with Gasteiger partial charge in [-0.2, -0.15) is 0 Å². The molecule has 0 fully saturated rings. The average Bonchev–Trinajstić information content (AvgIpc) is 3.19. The summed E-state index contributed by atoms with van der Waals surface area (Å²) < 4.78 is 10.8. The summed E-state index contributed by atoms with van der Waals surface area (Å²) in [5.41, 5.74) is 2.94. The maximum atomic E-state index is 12.2. The van der Waals surface area contributed by atoms with Crippen molar-refractivity contribution < 1.29 is 13.7 Å². The third kappa shape index (κ3) is 4.31. The Hall–Kier alpha value is -2.53. The Balaban J connectivity index is 1.54. The van der Waals surface area contributed by atoms with Gasteiger partial charge in [0.25, 0.3) is 5.91 Å². The van der Waals surface area contributed by atoms with E-state index in [0.717, 1.165) is 29.0 Å². The van der Waals surface area contributed by atoms with E-state index >= 15 is 0 Å². The highest BCUT2D eigenvalue weighted by Crippen LogP contribution is 2.19. The maximum Gasteiger partial charge on any atom is 0.287 e. The normalized spacial score (nSPS) is 10.8. The lowest BCUT2D eigenvalue weighted by atomic mass is 10.1. The van der Waals surface area contributed by atoms with Gasteiger partial charge in [-0.15, -0.1) is 0 Å². The number of halogens is 1. The van der Waals surface area contributed by atoms with E-state index in [0.29, 0.717) is 29.5 Å². The summed E-state index contributed by atoms with van der Waals surface area (Å²) in [6.07, 6.45) is 1.29. The molecule has 1 amide bonds. The number of amides is 1. The molecule has 0 saturated heterocycles. The number of rotatable bonds is 6. The summed E-state index contributed by atoms with van der Waals surface area (Å²) in [6.45, 7) is 4.28. The van der Waals surface area contributed by atoms with Gasteiger partial charge in [-0.25, -0.2) is 0 Å². The lowest BCUT2D eigenvalue weighted by molar-refractivity contribution is 0.0925. The fraction of sp³-hybridized carbons (Fsp3) is 0.263. The SMILES string of the molecule is Cc1noc(C)c1Cc1ccc(C(=O)NCCc2ccc(Cl)cc2)o1. The topological polar surface area (TPSA) is 68.3 Å². The molecular formula is C19H19ClN2O3. The highest BCUT2D eigenvalue weighted by Gasteiger charge is 2.15. The summed E-state index contributed by atoms with van der Waals surface area (Å²) in [5, 5.41) is 7.49. The largest absolute Gasteiger partial charge is 0.456 e. The molecular weight excluding hydrogens is 340 g/mol. The lowest BCUT2D eigenvalue weighted by Crippen LogP contribution is -2.25. The van der Waals surface area contributed by atoms with Crippen molar-refractivity contribution in [1.29, 1.82) is 0 Å². The number of aryl methyl sites for hydroxylation is 2. The summed E-state index contributed by atoms with van der Waals surface area (Å²) in [7, 11) is 0. The predicted molar refractivity (Wildman–Crippen MR) is 95.0 cm³/mol. The molecule has 0 radical (unpaired) electrons. The van der Waals surface area contributed by atoms with Crippen LogP contribution in [0.5, 0.6) is 0 Å². The van der Waals surface area contributed by atoms with Crippen molar-refractivity contribution in [3.63, 3.8) is 0 Å². The number of hydrogen-bond donors (Lipinski definition) is 1. The molecule has 0 unspecified atom stereocenters. The Bertz CT molecular complexity index is 846. The lowest BCUT2D eigenvalue weighted by Gasteiger charge is -2.04. The summed E-state index contributed by atoms with van der Waals surface area (Å²) in [4.78, 5) is 12.2. The number of carbonyl (C=O) groups is 1. The number of carbonyl (C=O) groups excluding carboxylic acids is 1. The fourth-order valence-electron chi connectivity index (χ4n) is 2.58. The number of nitrogens with one attached hydrogen (secondary N) is 1. The highest BCUT2D eigenvalue weighted by atomic mass is 35.5. The van der Waals surface area contributed by atoms with E-state index in [1.54, 1.807) is 12.1 Å². The van der Waals surface area contributed by atoms with Crippen LogP contribution in [0.4, 0.5) is 0 Å². The molecule has 1 aromatic carbocycles. The van der Waals surface area contributed by atoms with Gasteiger partial charge >= 0.3 is 0 Å². The zero-order chi connectivity index (χ0) is 17.8. The maximum absolute atomic E-state index is 12.2. The van der Waals surface area contributed by atoms with Crippen molar-refractivity contribution in [2.45, 2.75) is 26.7 Å². The van der Waals surface area contributed by atoms with Crippen LogP contribution in [0.3, 0.4) is 0 Å². The molecule has 0 aliphatic rings. The van der Waals surface area contributed by atoms with Crippen LogP contribution in [0.15, 0.2) is 45.3 Å². The number of benzene rings is 1. The molecule has 3 rings (SSSR count). The van der Waals surface area contributed by atoms with Crippen LogP contribution < -0.4 is 5.32 Å². The van der Waals surface area contributed by atoms with E-state index < -0.39 is 0 Å². The van der Waals surface area contributed by atoms with E-state index in [1.807, 2.05) is 38.1 Å². The summed E-state index contributed by atoms with van der Waals surface area (Å²) in [6, 6.07) is 11.1. The van der Waals surface area contributed by atoms with Crippen LogP contribution in [-0.4, -0.2) is 17.6 Å². The molecule has 2 aromatic heterocycles. The molecule has 130 valence electrons. The molecule has 2 heterocycles. The molecule has 0 spiro atoms. The van der Waals surface area contributed by atoms with Crippen LogP contribution in [0.25, 0.3) is 0 Å². The standard InChI is InChI=1S/C19H19ClN2O3/c1-12-17(13(2)25-22-12)11-16-7-8-18(24-16)19(23)21-10-9-14-3-5-15(20)6-4-14/h3-8H,9-11H2,1-2H3,(H,21,23). The Morgan fingerprint density at radius 2 is 1.92 bits per heavy atom. The molecule has 6 heteroatoms. The van der Waals surface area contributed by atoms with Crippen LogP contribution in [-0.2, 0) is 12.8 Å². The number of furan rings is 1.